The number of thiocarbonyl (C=S) groups is 1. The van der Waals surface area contributed by atoms with E-state index in [9.17, 15) is 14.9 Å². The standard InChI is InChI=1S/C21H23ClN4O5S/c1-3-31-19-7-4-14(12-16(19)22)20(27)23-21(32)25-10-8-24(9-11-25)17-6-5-15(30-2)13-18(17)26(28)29/h4-7,12-13H,3,8-11H2,1-2H3,(H,23,27,32). The van der Waals surface area contributed by atoms with Gasteiger partial charge in [-0.15, -0.1) is 0 Å². The molecule has 1 heterocycles. The quantitative estimate of drug-likeness (QED) is 0.383. The second-order valence-electron chi connectivity index (χ2n) is 6.92. The van der Waals surface area contributed by atoms with Crippen molar-refractivity contribution < 1.29 is 19.2 Å². The Morgan fingerprint density at radius 3 is 2.53 bits per heavy atom. The van der Waals surface area contributed by atoms with Crippen LogP contribution in [0.2, 0.25) is 5.02 Å². The summed E-state index contributed by atoms with van der Waals surface area (Å²) in [6, 6.07) is 9.59. The van der Waals surface area contributed by atoms with E-state index < -0.39 is 4.92 Å². The fraction of sp³-hybridized carbons (Fsp3) is 0.333. The van der Waals surface area contributed by atoms with Crippen molar-refractivity contribution in [3.8, 4) is 11.5 Å². The van der Waals surface area contributed by atoms with Gasteiger partial charge in [0.2, 0.25) is 0 Å². The van der Waals surface area contributed by atoms with E-state index in [0.717, 1.165) is 0 Å². The summed E-state index contributed by atoms with van der Waals surface area (Å²) in [5.41, 5.74) is 0.879. The zero-order valence-electron chi connectivity index (χ0n) is 17.7. The molecule has 0 spiro atoms. The van der Waals surface area contributed by atoms with Crippen molar-refractivity contribution in [3.05, 3.63) is 57.1 Å². The fourth-order valence-electron chi connectivity index (χ4n) is 3.36. The Balaban J connectivity index is 1.61. The molecule has 0 radical (unpaired) electrons. The van der Waals surface area contributed by atoms with Crippen LogP contribution >= 0.6 is 23.8 Å². The minimum absolute atomic E-state index is 0.0129. The monoisotopic (exact) mass is 478 g/mol. The zero-order valence-corrected chi connectivity index (χ0v) is 19.2. The second kappa shape index (κ2) is 10.5. The summed E-state index contributed by atoms with van der Waals surface area (Å²) in [5.74, 6) is 0.572. The van der Waals surface area contributed by atoms with E-state index in [1.807, 2.05) is 16.7 Å². The van der Waals surface area contributed by atoms with Gasteiger partial charge < -0.3 is 19.3 Å². The molecule has 0 atom stereocenters. The van der Waals surface area contributed by atoms with E-state index >= 15 is 0 Å². The predicted octanol–water partition coefficient (Wildman–Crippen LogP) is 3.49. The lowest BCUT2D eigenvalue weighted by atomic mass is 10.2. The van der Waals surface area contributed by atoms with Gasteiger partial charge in [0.1, 0.15) is 17.2 Å². The first-order chi connectivity index (χ1) is 15.3. The first kappa shape index (κ1) is 23.6. The van der Waals surface area contributed by atoms with Crippen LogP contribution in [-0.4, -0.2) is 60.7 Å². The van der Waals surface area contributed by atoms with Crippen LogP contribution in [0.5, 0.6) is 11.5 Å². The Morgan fingerprint density at radius 2 is 1.94 bits per heavy atom. The number of halogens is 1. The van der Waals surface area contributed by atoms with E-state index in [1.54, 1.807) is 24.3 Å². The molecule has 2 aromatic carbocycles. The smallest absolute Gasteiger partial charge is 0.296 e. The summed E-state index contributed by atoms with van der Waals surface area (Å²) >= 11 is 11.6. The number of piperazine rings is 1. The number of anilines is 1. The van der Waals surface area contributed by atoms with Crippen LogP contribution in [0.4, 0.5) is 11.4 Å². The molecule has 1 aliphatic rings. The van der Waals surface area contributed by atoms with Gasteiger partial charge in [0.15, 0.2) is 5.11 Å². The summed E-state index contributed by atoms with van der Waals surface area (Å²) in [6.07, 6.45) is 0. The number of carbonyl (C=O) groups excluding carboxylic acids is 1. The van der Waals surface area contributed by atoms with Crippen LogP contribution in [0.25, 0.3) is 0 Å². The molecule has 3 rings (SSSR count). The summed E-state index contributed by atoms with van der Waals surface area (Å²) in [5, 5.41) is 14.8. The number of hydrogen-bond acceptors (Lipinski definition) is 7. The zero-order chi connectivity index (χ0) is 23.3. The molecule has 0 bridgehead atoms. The van der Waals surface area contributed by atoms with Crippen molar-refractivity contribution in [2.75, 3.05) is 44.8 Å². The molecule has 1 N–H and O–H groups in total. The minimum atomic E-state index is -0.420. The van der Waals surface area contributed by atoms with Crippen LogP contribution < -0.4 is 19.7 Å². The van der Waals surface area contributed by atoms with Crippen molar-refractivity contribution >= 4 is 46.2 Å². The molecule has 32 heavy (non-hydrogen) atoms. The Hall–Kier alpha value is -3.11. The van der Waals surface area contributed by atoms with Crippen molar-refractivity contribution in [1.29, 1.82) is 0 Å². The van der Waals surface area contributed by atoms with E-state index in [-0.39, 0.29) is 11.6 Å². The predicted molar refractivity (Wildman–Crippen MR) is 126 cm³/mol. The lowest BCUT2D eigenvalue weighted by molar-refractivity contribution is -0.384. The molecule has 1 fully saturated rings. The van der Waals surface area contributed by atoms with E-state index in [4.69, 9.17) is 33.3 Å². The van der Waals surface area contributed by atoms with Crippen LogP contribution in [0, 0.1) is 10.1 Å². The average molecular weight is 479 g/mol. The molecule has 9 nitrogen and oxygen atoms in total. The fourth-order valence-corrected chi connectivity index (χ4v) is 3.87. The Labute approximate surface area is 196 Å². The summed E-state index contributed by atoms with van der Waals surface area (Å²) in [6.45, 7) is 4.36. The van der Waals surface area contributed by atoms with Gasteiger partial charge in [-0.05, 0) is 49.5 Å². The lowest BCUT2D eigenvalue weighted by Gasteiger charge is -2.37. The lowest BCUT2D eigenvalue weighted by Crippen LogP contribution is -2.52. The van der Waals surface area contributed by atoms with Gasteiger partial charge in [-0.25, -0.2) is 0 Å². The van der Waals surface area contributed by atoms with Crippen molar-refractivity contribution in [1.82, 2.24) is 10.2 Å². The summed E-state index contributed by atoms with van der Waals surface area (Å²) in [4.78, 5) is 27.4. The van der Waals surface area contributed by atoms with Gasteiger partial charge in [-0.1, -0.05) is 11.6 Å². The molecule has 11 heteroatoms. The number of hydrogen-bond donors (Lipinski definition) is 1. The van der Waals surface area contributed by atoms with Crippen molar-refractivity contribution in [2.45, 2.75) is 6.92 Å². The number of methoxy groups -OCH3 is 1. The highest BCUT2D eigenvalue weighted by atomic mass is 35.5. The molecule has 0 aromatic heterocycles. The maximum absolute atomic E-state index is 12.6. The van der Waals surface area contributed by atoms with Gasteiger partial charge in [-0.2, -0.15) is 0 Å². The third kappa shape index (κ3) is 5.38. The number of rotatable bonds is 6. The largest absolute Gasteiger partial charge is 0.496 e. The molecule has 1 amide bonds. The van der Waals surface area contributed by atoms with Gasteiger partial charge in [0, 0.05) is 31.7 Å². The number of amides is 1. The first-order valence-corrected chi connectivity index (χ1v) is 10.7. The molecule has 170 valence electrons. The maximum atomic E-state index is 12.6. The van der Waals surface area contributed by atoms with Crippen LogP contribution in [0.1, 0.15) is 17.3 Å². The molecular formula is C21H23ClN4O5S. The number of benzene rings is 2. The normalized spacial score (nSPS) is 13.5. The molecule has 0 aliphatic carbocycles. The topological polar surface area (TPSA) is 97.2 Å². The highest BCUT2D eigenvalue weighted by Gasteiger charge is 2.26. The highest BCUT2D eigenvalue weighted by molar-refractivity contribution is 7.80. The number of ether oxygens (including phenoxy) is 2. The number of nitro groups is 1. The number of carbonyl (C=O) groups is 1. The first-order valence-electron chi connectivity index (χ1n) is 9.94. The molecule has 0 saturated carbocycles. The second-order valence-corrected chi connectivity index (χ2v) is 7.72. The number of nitrogens with one attached hydrogen (secondary N) is 1. The van der Waals surface area contributed by atoms with Crippen molar-refractivity contribution in [3.63, 3.8) is 0 Å². The van der Waals surface area contributed by atoms with Crippen LogP contribution in [0.15, 0.2) is 36.4 Å². The van der Waals surface area contributed by atoms with Gasteiger partial charge in [0.05, 0.1) is 29.7 Å². The summed E-state index contributed by atoms with van der Waals surface area (Å²) in [7, 11) is 1.47. The Kier molecular flexibility index (Phi) is 7.70. The van der Waals surface area contributed by atoms with Crippen LogP contribution in [0.3, 0.4) is 0 Å². The third-order valence-electron chi connectivity index (χ3n) is 5.00. The maximum Gasteiger partial charge on any atom is 0.296 e. The minimum Gasteiger partial charge on any atom is -0.496 e. The van der Waals surface area contributed by atoms with Gasteiger partial charge >= 0.3 is 0 Å². The molecule has 1 saturated heterocycles. The molecular weight excluding hydrogens is 456 g/mol. The van der Waals surface area contributed by atoms with Gasteiger partial charge in [-0.3, -0.25) is 20.2 Å². The molecule has 2 aromatic rings. The van der Waals surface area contributed by atoms with Gasteiger partial charge in [0.25, 0.3) is 11.6 Å². The van der Waals surface area contributed by atoms with Crippen LogP contribution in [-0.2, 0) is 0 Å². The highest BCUT2D eigenvalue weighted by Crippen LogP contribution is 2.32. The van der Waals surface area contributed by atoms with E-state index in [0.29, 0.717) is 65.7 Å². The SMILES string of the molecule is CCOc1ccc(C(=O)NC(=S)N2CCN(c3ccc(OC)cc3[N+](=O)[O-])CC2)cc1Cl. The van der Waals surface area contributed by atoms with Crippen molar-refractivity contribution in [2.24, 2.45) is 0 Å². The number of nitrogens with zero attached hydrogens (tertiary/aromatic N) is 3. The molecule has 0 unspecified atom stereocenters. The van der Waals surface area contributed by atoms with E-state index in [2.05, 4.69) is 5.32 Å². The average Bonchev–Trinajstić information content (AvgIpc) is 2.80. The third-order valence-corrected chi connectivity index (χ3v) is 5.66. The number of nitro benzene ring substituents is 1. The Morgan fingerprint density at radius 1 is 1.22 bits per heavy atom. The summed E-state index contributed by atoms with van der Waals surface area (Å²) < 4.78 is 10.5. The molecule has 1 aliphatic heterocycles. The Bertz CT molecular complexity index is 1030. The van der Waals surface area contributed by atoms with E-state index in [1.165, 1.54) is 19.2 Å².